The third-order valence-electron chi connectivity index (χ3n) is 1.30. The van der Waals surface area contributed by atoms with Crippen molar-refractivity contribution in [3.05, 3.63) is 17.9 Å². The molecule has 12 heavy (non-hydrogen) atoms. The van der Waals surface area contributed by atoms with E-state index >= 15 is 0 Å². The van der Waals surface area contributed by atoms with E-state index in [0.717, 1.165) is 0 Å². The van der Waals surface area contributed by atoms with E-state index in [1.807, 2.05) is 0 Å². The lowest BCUT2D eigenvalue weighted by Crippen LogP contribution is -1.93. The largest absolute Gasteiger partial charge is 0.468 e. The molecule has 0 aliphatic rings. The summed E-state index contributed by atoms with van der Waals surface area (Å²) in [4.78, 5) is 11.0. The molecule has 0 aliphatic carbocycles. The predicted molar refractivity (Wildman–Crippen MR) is 39.8 cm³/mol. The van der Waals surface area contributed by atoms with Crippen LogP contribution in [-0.2, 0) is 0 Å². The summed E-state index contributed by atoms with van der Waals surface area (Å²) >= 11 is 0. The number of carbonyl (C=O) groups excluding carboxylic acids is 1. The third-order valence-corrected chi connectivity index (χ3v) is 1.30. The topological polar surface area (TPSA) is 63.2 Å². The molecule has 1 heterocycles. The second kappa shape index (κ2) is 3.58. The van der Waals surface area contributed by atoms with Crippen molar-refractivity contribution in [2.45, 2.75) is 6.42 Å². The van der Waals surface area contributed by atoms with E-state index in [0.29, 0.717) is 0 Å². The third kappa shape index (κ3) is 1.64. The molecule has 0 N–H and O–H groups in total. The standard InChI is InChI=1S/C8H7NO3/c1-11-8-3-2-7(12-8)6(10)4-5-9/h2-3H,4H2,1H3. The van der Waals surface area contributed by atoms with Gasteiger partial charge in [-0.25, -0.2) is 0 Å². The fourth-order valence-electron chi connectivity index (χ4n) is 0.739. The first-order valence-electron chi connectivity index (χ1n) is 3.32. The van der Waals surface area contributed by atoms with Crippen LogP contribution in [0.1, 0.15) is 17.0 Å². The van der Waals surface area contributed by atoms with Crippen molar-refractivity contribution in [2.24, 2.45) is 0 Å². The molecule has 0 saturated heterocycles. The van der Waals surface area contributed by atoms with Gasteiger partial charge in [-0.1, -0.05) is 0 Å². The van der Waals surface area contributed by atoms with Gasteiger partial charge in [0.15, 0.2) is 5.76 Å². The van der Waals surface area contributed by atoms with Crippen molar-refractivity contribution in [1.82, 2.24) is 0 Å². The molecule has 0 amide bonds. The molecule has 0 fully saturated rings. The van der Waals surface area contributed by atoms with Gasteiger partial charge < -0.3 is 9.15 Å². The van der Waals surface area contributed by atoms with Gasteiger partial charge in [-0.05, 0) is 6.07 Å². The summed E-state index contributed by atoms with van der Waals surface area (Å²) in [6.07, 6.45) is -0.170. The molecule has 0 bridgehead atoms. The number of ether oxygens (including phenoxy) is 1. The highest BCUT2D eigenvalue weighted by Crippen LogP contribution is 2.16. The Balaban J connectivity index is 2.76. The summed E-state index contributed by atoms with van der Waals surface area (Å²) in [5.74, 6) is 0.102. The number of ketones is 1. The SMILES string of the molecule is COc1ccc(C(=O)CC#N)o1. The van der Waals surface area contributed by atoms with Gasteiger partial charge in [-0.15, -0.1) is 0 Å². The second-order valence-corrected chi connectivity index (χ2v) is 2.08. The Bertz CT molecular complexity index is 321. The van der Waals surface area contributed by atoms with Crippen LogP contribution in [0.25, 0.3) is 0 Å². The maximum Gasteiger partial charge on any atom is 0.284 e. The molecule has 4 heteroatoms. The minimum Gasteiger partial charge on any atom is -0.468 e. The average Bonchev–Trinajstić information content (AvgIpc) is 2.52. The Morgan fingerprint density at radius 2 is 2.50 bits per heavy atom. The first-order chi connectivity index (χ1) is 5.77. The fourth-order valence-corrected chi connectivity index (χ4v) is 0.739. The summed E-state index contributed by atoms with van der Waals surface area (Å²) in [7, 11) is 1.44. The molecule has 0 spiro atoms. The van der Waals surface area contributed by atoms with Gasteiger partial charge in [0.2, 0.25) is 5.78 Å². The van der Waals surface area contributed by atoms with Crippen molar-refractivity contribution in [3.8, 4) is 12.0 Å². The number of furan rings is 1. The quantitative estimate of drug-likeness (QED) is 0.635. The van der Waals surface area contributed by atoms with Crippen LogP contribution in [0.5, 0.6) is 5.95 Å². The predicted octanol–water partition coefficient (Wildman–Crippen LogP) is 1.38. The highest BCUT2D eigenvalue weighted by Gasteiger charge is 2.10. The van der Waals surface area contributed by atoms with Gasteiger partial charge in [0, 0.05) is 6.07 Å². The monoisotopic (exact) mass is 165 g/mol. The maximum absolute atomic E-state index is 11.0. The van der Waals surface area contributed by atoms with Crippen molar-refractivity contribution in [2.75, 3.05) is 7.11 Å². The minimum absolute atomic E-state index is 0.161. The summed E-state index contributed by atoms with van der Waals surface area (Å²) in [5.41, 5.74) is 0. The van der Waals surface area contributed by atoms with Crippen LogP contribution < -0.4 is 4.74 Å². The van der Waals surface area contributed by atoms with Crippen molar-refractivity contribution >= 4 is 5.78 Å². The molecule has 0 atom stereocenters. The van der Waals surface area contributed by atoms with Gasteiger partial charge in [0.25, 0.3) is 5.95 Å². The van der Waals surface area contributed by atoms with Crippen molar-refractivity contribution < 1.29 is 13.9 Å². The summed E-state index contributed by atoms with van der Waals surface area (Å²) in [6, 6.07) is 4.76. The number of methoxy groups -OCH3 is 1. The Labute approximate surface area is 69.4 Å². The number of hydrogen-bond acceptors (Lipinski definition) is 4. The van der Waals surface area contributed by atoms with E-state index < -0.39 is 0 Å². The molecule has 4 nitrogen and oxygen atoms in total. The van der Waals surface area contributed by atoms with Crippen molar-refractivity contribution in [3.63, 3.8) is 0 Å². The average molecular weight is 165 g/mol. The lowest BCUT2D eigenvalue weighted by molar-refractivity contribution is 0.0965. The summed E-state index contributed by atoms with van der Waals surface area (Å²) < 4.78 is 9.65. The minimum atomic E-state index is -0.333. The summed E-state index contributed by atoms with van der Waals surface area (Å²) in [5, 5.41) is 8.22. The number of hydrogen-bond donors (Lipinski definition) is 0. The number of nitrogens with zero attached hydrogens (tertiary/aromatic N) is 1. The molecule has 0 aromatic carbocycles. The zero-order valence-electron chi connectivity index (χ0n) is 6.53. The second-order valence-electron chi connectivity index (χ2n) is 2.08. The van der Waals surface area contributed by atoms with E-state index in [-0.39, 0.29) is 23.9 Å². The van der Waals surface area contributed by atoms with E-state index in [1.165, 1.54) is 19.2 Å². The molecular formula is C8H7NO3. The Kier molecular flexibility index (Phi) is 2.49. The van der Waals surface area contributed by atoms with Crippen LogP contribution in [-0.4, -0.2) is 12.9 Å². The zero-order valence-corrected chi connectivity index (χ0v) is 6.53. The van der Waals surface area contributed by atoms with Crippen LogP contribution >= 0.6 is 0 Å². The van der Waals surface area contributed by atoms with Gasteiger partial charge in [-0.2, -0.15) is 5.26 Å². The van der Waals surface area contributed by atoms with Gasteiger partial charge in [-0.3, -0.25) is 4.79 Å². The van der Waals surface area contributed by atoms with Gasteiger partial charge in [0.1, 0.15) is 6.42 Å². The summed E-state index contributed by atoms with van der Waals surface area (Å²) in [6.45, 7) is 0. The maximum atomic E-state index is 11.0. The van der Waals surface area contributed by atoms with Crippen LogP contribution in [0.15, 0.2) is 16.5 Å². The number of nitriles is 1. The molecule has 0 radical (unpaired) electrons. The number of rotatable bonds is 3. The number of carbonyl (C=O) groups is 1. The smallest absolute Gasteiger partial charge is 0.284 e. The van der Waals surface area contributed by atoms with E-state index in [9.17, 15) is 4.79 Å². The van der Waals surface area contributed by atoms with Crippen LogP contribution in [0, 0.1) is 11.3 Å². The van der Waals surface area contributed by atoms with E-state index in [4.69, 9.17) is 14.4 Å². The molecular weight excluding hydrogens is 158 g/mol. The molecule has 0 unspecified atom stereocenters. The highest BCUT2D eigenvalue weighted by atomic mass is 16.6. The normalized spacial score (nSPS) is 9.00. The van der Waals surface area contributed by atoms with E-state index in [1.54, 1.807) is 6.07 Å². The molecule has 1 rings (SSSR count). The van der Waals surface area contributed by atoms with Crippen LogP contribution in [0.2, 0.25) is 0 Å². The number of Topliss-reactive ketones (excluding diaryl/α,β-unsaturated/α-hetero) is 1. The molecule has 62 valence electrons. The van der Waals surface area contributed by atoms with E-state index in [2.05, 4.69) is 0 Å². The van der Waals surface area contributed by atoms with Crippen LogP contribution in [0.3, 0.4) is 0 Å². The fraction of sp³-hybridized carbons (Fsp3) is 0.250. The Morgan fingerprint density at radius 1 is 1.75 bits per heavy atom. The lowest BCUT2D eigenvalue weighted by Gasteiger charge is -1.90. The highest BCUT2D eigenvalue weighted by molar-refractivity contribution is 5.94. The van der Waals surface area contributed by atoms with Gasteiger partial charge >= 0.3 is 0 Å². The molecule has 0 saturated carbocycles. The zero-order chi connectivity index (χ0) is 8.97. The van der Waals surface area contributed by atoms with Gasteiger partial charge in [0.05, 0.1) is 13.2 Å². The first kappa shape index (κ1) is 8.34. The molecule has 1 aromatic rings. The molecule has 0 aliphatic heterocycles. The lowest BCUT2D eigenvalue weighted by atomic mass is 10.2. The van der Waals surface area contributed by atoms with Crippen LogP contribution in [0.4, 0.5) is 0 Å². The molecule has 1 aromatic heterocycles. The Hall–Kier alpha value is -1.76. The van der Waals surface area contributed by atoms with Crippen molar-refractivity contribution in [1.29, 1.82) is 5.26 Å². The first-order valence-corrected chi connectivity index (χ1v) is 3.32. The Morgan fingerprint density at radius 3 is 3.00 bits per heavy atom.